The van der Waals surface area contributed by atoms with Gasteiger partial charge in [0.2, 0.25) is 5.95 Å². The van der Waals surface area contributed by atoms with E-state index in [4.69, 9.17) is 4.74 Å². The molecule has 1 aromatic rings. The molecule has 1 saturated heterocycles. The Balaban J connectivity index is 1.58. The second kappa shape index (κ2) is 10.7. The first-order valence-corrected chi connectivity index (χ1v) is 9.66. The molecule has 1 aliphatic heterocycles. The van der Waals surface area contributed by atoms with Crippen molar-refractivity contribution in [2.45, 2.75) is 46.1 Å². The first kappa shape index (κ1) is 20.1. The molecule has 0 aromatic carbocycles. The number of hydrogen-bond donors (Lipinski definition) is 1. The summed E-state index contributed by atoms with van der Waals surface area (Å²) >= 11 is 0. The minimum absolute atomic E-state index is 0.481. The Morgan fingerprint density at radius 1 is 1.04 bits per heavy atom. The highest BCUT2D eigenvalue weighted by molar-refractivity contribution is 5.31. The summed E-state index contributed by atoms with van der Waals surface area (Å²) in [6.07, 6.45) is 5.02. The number of nitrogens with zero attached hydrogens (tertiary/aromatic N) is 4. The third kappa shape index (κ3) is 7.26. The molecule has 6 heteroatoms. The Morgan fingerprint density at radius 3 is 2.32 bits per heavy atom. The smallest absolute Gasteiger partial charge is 0.225 e. The van der Waals surface area contributed by atoms with E-state index in [0.29, 0.717) is 12.0 Å². The van der Waals surface area contributed by atoms with Crippen LogP contribution < -0.4 is 10.2 Å². The lowest BCUT2D eigenvalue weighted by atomic mass is 10.1. The SMILES string of the molecule is CC(C)NCCOCCCN1CCN(c2ncc(C(C)C)cn2)CC1. The van der Waals surface area contributed by atoms with E-state index in [2.05, 4.69) is 52.8 Å². The fourth-order valence-electron chi connectivity index (χ4n) is 2.88. The second-order valence-electron chi connectivity index (χ2n) is 7.37. The lowest BCUT2D eigenvalue weighted by Crippen LogP contribution is -2.47. The maximum atomic E-state index is 5.68. The zero-order chi connectivity index (χ0) is 18.1. The maximum absolute atomic E-state index is 5.68. The normalized spacial score (nSPS) is 16.2. The minimum Gasteiger partial charge on any atom is -0.380 e. The molecule has 25 heavy (non-hydrogen) atoms. The summed E-state index contributed by atoms with van der Waals surface area (Å²) < 4.78 is 5.68. The van der Waals surface area contributed by atoms with Gasteiger partial charge in [-0.05, 0) is 17.9 Å². The van der Waals surface area contributed by atoms with Gasteiger partial charge in [-0.15, -0.1) is 0 Å². The quantitative estimate of drug-likeness (QED) is 0.653. The Kier molecular flexibility index (Phi) is 8.58. The van der Waals surface area contributed by atoms with Crippen LogP contribution in [0.4, 0.5) is 5.95 Å². The van der Waals surface area contributed by atoms with Gasteiger partial charge in [0.1, 0.15) is 0 Å². The lowest BCUT2D eigenvalue weighted by molar-refractivity contribution is 0.120. The molecule has 1 fully saturated rings. The third-order valence-corrected chi connectivity index (χ3v) is 4.54. The number of rotatable bonds is 10. The van der Waals surface area contributed by atoms with Crippen LogP contribution in [0.5, 0.6) is 0 Å². The number of hydrogen-bond acceptors (Lipinski definition) is 6. The van der Waals surface area contributed by atoms with E-state index in [0.717, 1.165) is 64.9 Å². The van der Waals surface area contributed by atoms with Gasteiger partial charge in [-0.1, -0.05) is 27.7 Å². The summed E-state index contributed by atoms with van der Waals surface area (Å²) in [5.41, 5.74) is 1.20. The molecule has 1 N–H and O–H groups in total. The summed E-state index contributed by atoms with van der Waals surface area (Å²) in [4.78, 5) is 13.9. The van der Waals surface area contributed by atoms with Crippen LogP contribution in [0.3, 0.4) is 0 Å². The van der Waals surface area contributed by atoms with Crippen molar-refractivity contribution in [1.82, 2.24) is 20.2 Å². The van der Waals surface area contributed by atoms with E-state index in [1.54, 1.807) is 0 Å². The van der Waals surface area contributed by atoms with Crippen molar-refractivity contribution in [3.05, 3.63) is 18.0 Å². The molecule has 2 heterocycles. The highest BCUT2D eigenvalue weighted by atomic mass is 16.5. The van der Waals surface area contributed by atoms with Crippen LogP contribution in [-0.4, -0.2) is 73.4 Å². The molecule has 0 atom stereocenters. The monoisotopic (exact) mass is 349 g/mol. The van der Waals surface area contributed by atoms with Crippen LogP contribution >= 0.6 is 0 Å². The predicted octanol–water partition coefficient (Wildman–Crippen LogP) is 2.13. The summed E-state index contributed by atoms with van der Waals surface area (Å²) in [7, 11) is 0. The molecule has 2 rings (SSSR count). The molecule has 0 saturated carbocycles. The standard InChI is InChI=1S/C19H35N5O/c1-16(2)18-14-21-19(22-15-18)24-10-8-23(9-11-24)7-5-12-25-13-6-20-17(3)4/h14-17,20H,5-13H2,1-4H3. The van der Waals surface area contributed by atoms with Crippen molar-refractivity contribution >= 4 is 5.95 Å². The zero-order valence-electron chi connectivity index (χ0n) is 16.4. The molecule has 6 nitrogen and oxygen atoms in total. The van der Waals surface area contributed by atoms with Gasteiger partial charge in [-0.25, -0.2) is 9.97 Å². The number of anilines is 1. The second-order valence-corrected chi connectivity index (χ2v) is 7.37. The van der Waals surface area contributed by atoms with Gasteiger partial charge in [0.05, 0.1) is 6.61 Å². The van der Waals surface area contributed by atoms with Gasteiger partial charge in [0.25, 0.3) is 0 Å². The average Bonchev–Trinajstić information content (AvgIpc) is 2.61. The van der Waals surface area contributed by atoms with Gasteiger partial charge >= 0.3 is 0 Å². The van der Waals surface area contributed by atoms with Crippen LogP contribution in [0.15, 0.2) is 12.4 Å². The molecule has 1 aliphatic rings. The van der Waals surface area contributed by atoms with E-state index >= 15 is 0 Å². The van der Waals surface area contributed by atoms with Gasteiger partial charge in [0, 0.05) is 64.3 Å². The Morgan fingerprint density at radius 2 is 1.72 bits per heavy atom. The van der Waals surface area contributed by atoms with Gasteiger partial charge in [-0.2, -0.15) is 0 Å². The molecule has 0 amide bonds. The Bertz CT molecular complexity index is 469. The maximum Gasteiger partial charge on any atom is 0.225 e. The third-order valence-electron chi connectivity index (χ3n) is 4.54. The molecular weight excluding hydrogens is 314 g/mol. The van der Waals surface area contributed by atoms with E-state index in [1.165, 1.54) is 5.56 Å². The Labute approximate surface area is 153 Å². The molecule has 0 unspecified atom stereocenters. The number of aromatic nitrogens is 2. The van der Waals surface area contributed by atoms with E-state index in [1.807, 2.05) is 12.4 Å². The van der Waals surface area contributed by atoms with Crippen LogP contribution in [0.2, 0.25) is 0 Å². The predicted molar refractivity (Wildman–Crippen MR) is 103 cm³/mol. The molecular formula is C19H35N5O. The fourth-order valence-corrected chi connectivity index (χ4v) is 2.88. The van der Waals surface area contributed by atoms with Crippen molar-refractivity contribution in [2.24, 2.45) is 0 Å². The lowest BCUT2D eigenvalue weighted by Gasteiger charge is -2.34. The van der Waals surface area contributed by atoms with E-state index in [9.17, 15) is 0 Å². The highest BCUT2D eigenvalue weighted by Crippen LogP contribution is 2.15. The molecule has 0 radical (unpaired) electrons. The van der Waals surface area contributed by atoms with Crippen molar-refractivity contribution < 1.29 is 4.74 Å². The largest absolute Gasteiger partial charge is 0.380 e. The first-order valence-electron chi connectivity index (χ1n) is 9.66. The summed E-state index contributed by atoms with van der Waals surface area (Å²) in [5.74, 6) is 1.35. The summed E-state index contributed by atoms with van der Waals surface area (Å²) in [6, 6.07) is 0.533. The number of ether oxygens (including phenoxy) is 1. The molecule has 1 aromatic heterocycles. The first-order chi connectivity index (χ1) is 12.1. The molecule has 142 valence electrons. The Hall–Kier alpha value is -1.24. The minimum atomic E-state index is 0.481. The van der Waals surface area contributed by atoms with Gasteiger partial charge in [0.15, 0.2) is 0 Å². The van der Waals surface area contributed by atoms with Crippen LogP contribution in [0.1, 0.15) is 45.6 Å². The van der Waals surface area contributed by atoms with Gasteiger partial charge in [-0.3, -0.25) is 4.90 Å². The van der Waals surface area contributed by atoms with Crippen LogP contribution in [0.25, 0.3) is 0 Å². The van der Waals surface area contributed by atoms with Crippen molar-refractivity contribution in [3.8, 4) is 0 Å². The average molecular weight is 350 g/mol. The van der Waals surface area contributed by atoms with Crippen LogP contribution in [-0.2, 0) is 4.74 Å². The molecule has 0 bridgehead atoms. The molecule has 0 spiro atoms. The zero-order valence-corrected chi connectivity index (χ0v) is 16.4. The van der Waals surface area contributed by atoms with Crippen molar-refractivity contribution in [2.75, 3.05) is 57.4 Å². The number of piperazine rings is 1. The van der Waals surface area contributed by atoms with E-state index in [-0.39, 0.29) is 0 Å². The van der Waals surface area contributed by atoms with Crippen molar-refractivity contribution in [3.63, 3.8) is 0 Å². The van der Waals surface area contributed by atoms with E-state index < -0.39 is 0 Å². The van der Waals surface area contributed by atoms with Gasteiger partial charge < -0.3 is 15.0 Å². The number of nitrogens with one attached hydrogen (secondary N) is 1. The summed E-state index contributed by atoms with van der Waals surface area (Å²) in [6.45, 7) is 16.5. The van der Waals surface area contributed by atoms with Crippen molar-refractivity contribution in [1.29, 1.82) is 0 Å². The topological polar surface area (TPSA) is 53.5 Å². The highest BCUT2D eigenvalue weighted by Gasteiger charge is 2.18. The van der Waals surface area contributed by atoms with Crippen LogP contribution in [0, 0.1) is 0 Å². The molecule has 0 aliphatic carbocycles. The fraction of sp³-hybridized carbons (Fsp3) is 0.789. The summed E-state index contributed by atoms with van der Waals surface area (Å²) in [5, 5.41) is 3.36.